The molecule has 66 valence electrons. The van der Waals surface area contributed by atoms with Crippen LogP contribution < -0.4 is 5.73 Å². The number of rotatable bonds is 1. The Kier molecular flexibility index (Phi) is 1.77. The molecule has 0 saturated heterocycles. The van der Waals surface area contributed by atoms with Crippen molar-refractivity contribution in [3.05, 3.63) is 48.5 Å². The van der Waals surface area contributed by atoms with Gasteiger partial charge < -0.3 is 10.3 Å². The third-order valence-corrected chi connectivity index (χ3v) is 1.85. The van der Waals surface area contributed by atoms with E-state index in [9.17, 15) is 4.39 Å². The molecule has 0 unspecified atom stereocenters. The van der Waals surface area contributed by atoms with Crippen LogP contribution in [0.3, 0.4) is 0 Å². The molecule has 3 heteroatoms. The zero-order valence-electron chi connectivity index (χ0n) is 6.94. The first-order chi connectivity index (χ1) is 6.27. The van der Waals surface area contributed by atoms with Crippen LogP contribution in [0.1, 0.15) is 0 Å². The van der Waals surface area contributed by atoms with Gasteiger partial charge in [-0.2, -0.15) is 0 Å². The molecule has 0 radical (unpaired) electrons. The first kappa shape index (κ1) is 7.86. The normalized spacial score (nSPS) is 10.2. The Bertz CT molecular complexity index is 407. The SMILES string of the molecule is Nc1ccc(-n2cccc2)c(F)c1. The van der Waals surface area contributed by atoms with Crippen LogP contribution in [0.15, 0.2) is 42.7 Å². The van der Waals surface area contributed by atoms with E-state index in [1.807, 2.05) is 12.1 Å². The van der Waals surface area contributed by atoms with Crippen molar-refractivity contribution in [2.24, 2.45) is 0 Å². The van der Waals surface area contributed by atoms with Crippen molar-refractivity contribution >= 4 is 5.69 Å². The van der Waals surface area contributed by atoms with Crippen LogP contribution in [0.5, 0.6) is 0 Å². The Balaban J connectivity index is 2.53. The number of nitrogens with zero attached hydrogens (tertiary/aromatic N) is 1. The van der Waals surface area contributed by atoms with E-state index in [0.29, 0.717) is 11.4 Å². The van der Waals surface area contributed by atoms with Crippen LogP contribution in [0.4, 0.5) is 10.1 Å². The Morgan fingerprint density at radius 3 is 2.46 bits per heavy atom. The maximum atomic E-state index is 13.3. The van der Waals surface area contributed by atoms with E-state index >= 15 is 0 Å². The molecule has 0 amide bonds. The molecule has 0 aliphatic heterocycles. The van der Waals surface area contributed by atoms with Crippen LogP contribution in [-0.2, 0) is 0 Å². The first-order valence-electron chi connectivity index (χ1n) is 3.96. The van der Waals surface area contributed by atoms with Crippen molar-refractivity contribution in [2.45, 2.75) is 0 Å². The summed E-state index contributed by atoms with van der Waals surface area (Å²) in [6, 6.07) is 8.34. The predicted molar refractivity (Wildman–Crippen MR) is 50.1 cm³/mol. The molecule has 0 spiro atoms. The second kappa shape index (κ2) is 2.94. The highest BCUT2D eigenvalue weighted by Gasteiger charge is 2.02. The zero-order chi connectivity index (χ0) is 9.26. The number of anilines is 1. The van der Waals surface area contributed by atoms with E-state index in [-0.39, 0.29) is 5.82 Å². The standard InChI is InChI=1S/C10H9FN2/c11-9-7-8(12)3-4-10(9)13-5-1-2-6-13/h1-7H,12H2. The highest BCUT2D eigenvalue weighted by atomic mass is 19.1. The molecule has 1 aromatic carbocycles. The van der Waals surface area contributed by atoms with Crippen molar-refractivity contribution < 1.29 is 4.39 Å². The topological polar surface area (TPSA) is 30.9 Å². The minimum atomic E-state index is -0.309. The van der Waals surface area contributed by atoms with Gasteiger partial charge in [-0.05, 0) is 30.3 Å². The van der Waals surface area contributed by atoms with Crippen molar-refractivity contribution in [1.29, 1.82) is 0 Å². The van der Waals surface area contributed by atoms with Gasteiger partial charge in [0.15, 0.2) is 0 Å². The monoisotopic (exact) mass is 176 g/mol. The molecule has 2 aromatic rings. The minimum Gasteiger partial charge on any atom is -0.399 e. The van der Waals surface area contributed by atoms with Gasteiger partial charge in [-0.1, -0.05) is 0 Å². The molecule has 1 aromatic heterocycles. The van der Waals surface area contributed by atoms with E-state index in [4.69, 9.17) is 5.73 Å². The molecule has 13 heavy (non-hydrogen) atoms. The number of hydrogen-bond acceptors (Lipinski definition) is 1. The zero-order valence-corrected chi connectivity index (χ0v) is 6.94. The summed E-state index contributed by atoms with van der Waals surface area (Å²) >= 11 is 0. The molecule has 2 N–H and O–H groups in total. The van der Waals surface area contributed by atoms with Gasteiger partial charge in [-0.3, -0.25) is 0 Å². The summed E-state index contributed by atoms with van der Waals surface area (Å²) in [5, 5.41) is 0. The molecule has 0 atom stereocenters. The van der Waals surface area contributed by atoms with E-state index in [0.717, 1.165) is 0 Å². The molecule has 1 heterocycles. The molecule has 0 fully saturated rings. The summed E-state index contributed by atoms with van der Waals surface area (Å²) in [6.45, 7) is 0. The van der Waals surface area contributed by atoms with Gasteiger partial charge >= 0.3 is 0 Å². The number of aromatic nitrogens is 1. The molecule has 0 bridgehead atoms. The van der Waals surface area contributed by atoms with Gasteiger partial charge in [-0.25, -0.2) is 4.39 Å². The van der Waals surface area contributed by atoms with Gasteiger partial charge in [0, 0.05) is 18.1 Å². The van der Waals surface area contributed by atoms with Crippen LogP contribution >= 0.6 is 0 Å². The van der Waals surface area contributed by atoms with Gasteiger partial charge in [0.2, 0.25) is 0 Å². The second-order valence-corrected chi connectivity index (χ2v) is 2.80. The number of nitrogen functional groups attached to an aromatic ring is 1. The number of benzene rings is 1. The van der Waals surface area contributed by atoms with Crippen LogP contribution in [-0.4, -0.2) is 4.57 Å². The molecule has 0 aliphatic carbocycles. The average molecular weight is 176 g/mol. The van der Waals surface area contributed by atoms with Crippen molar-refractivity contribution in [2.75, 3.05) is 5.73 Å². The highest BCUT2D eigenvalue weighted by molar-refractivity contribution is 5.46. The Morgan fingerprint density at radius 2 is 1.85 bits per heavy atom. The molecule has 2 nitrogen and oxygen atoms in total. The lowest BCUT2D eigenvalue weighted by atomic mass is 10.2. The molecular weight excluding hydrogens is 167 g/mol. The second-order valence-electron chi connectivity index (χ2n) is 2.80. The predicted octanol–water partition coefficient (Wildman–Crippen LogP) is 2.20. The number of nitrogens with two attached hydrogens (primary N) is 1. The Labute approximate surface area is 75.4 Å². The van der Waals surface area contributed by atoms with E-state index in [1.165, 1.54) is 6.07 Å². The number of hydrogen-bond donors (Lipinski definition) is 1. The van der Waals surface area contributed by atoms with Gasteiger partial charge in [0.05, 0.1) is 5.69 Å². The molecular formula is C10H9FN2. The summed E-state index contributed by atoms with van der Waals surface area (Å²) in [7, 11) is 0. The lowest BCUT2D eigenvalue weighted by Gasteiger charge is -2.04. The summed E-state index contributed by atoms with van der Waals surface area (Å²) in [4.78, 5) is 0. The summed E-state index contributed by atoms with van der Waals surface area (Å²) in [6.07, 6.45) is 3.57. The maximum absolute atomic E-state index is 13.3. The molecule has 0 saturated carbocycles. The largest absolute Gasteiger partial charge is 0.399 e. The maximum Gasteiger partial charge on any atom is 0.149 e. The third-order valence-electron chi connectivity index (χ3n) is 1.85. The summed E-state index contributed by atoms with van der Waals surface area (Å²) in [5.74, 6) is -0.309. The molecule has 0 aliphatic rings. The lowest BCUT2D eigenvalue weighted by molar-refractivity contribution is 0.619. The fraction of sp³-hybridized carbons (Fsp3) is 0. The van der Waals surface area contributed by atoms with Crippen molar-refractivity contribution in [3.63, 3.8) is 0 Å². The smallest absolute Gasteiger partial charge is 0.149 e. The van der Waals surface area contributed by atoms with Crippen molar-refractivity contribution in [3.8, 4) is 5.69 Å². The fourth-order valence-corrected chi connectivity index (χ4v) is 1.23. The lowest BCUT2D eigenvalue weighted by Crippen LogP contribution is -1.95. The van der Waals surface area contributed by atoms with Gasteiger partial charge in [-0.15, -0.1) is 0 Å². The molecule has 2 rings (SSSR count). The summed E-state index contributed by atoms with van der Waals surface area (Å²) in [5.41, 5.74) is 6.38. The fourth-order valence-electron chi connectivity index (χ4n) is 1.23. The van der Waals surface area contributed by atoms with Crippen molar-refractivity contribution in [1.82, 2.24) is 4.57 Å². The average Bonchev–Trinajstić information content (AvgIpc) is 2.56. The quantitative estimate of drug-likeness (QED) is 0.663. The minimum absolute atomic E-state index is 0.309. The summed E-state index contributed by atoms with van der Waals surface area (Å²) < 4.78 is 15.0. The third kappa shape index (κ3) is 1.40. The van der Waals surface area contributed by atoms with E-state index in [2.05, 4.69) is 0 Å². The Hall–Kier alpha value is -1.77. The Morgan fingerprint density at radius 1 is 1.15 bits per heavy atom. The number of halogens is 1. The first-order valence-corrected chi connectivity index (χ1v) is 3.96. The van der Waals surface area contributed by atoms with Gasteiger partial charge in [0.1, 0.15) is 5.82 Å². The van der Waals surface area contributed by atoms with Crippen LogP contribution in [0, 0.1) is 5.82 Å². The van der Waals surface area contributed by atoms with Crippen LogP contribution in [0.25, 0.3) is 5.69 Å². The highest BCUT2D eigenvalue weighted by Crippen LogP contribution is 2.15. The van der Waals surface area contributed by atoms with Gasteiger partial charge in [0.25, 0.3) is 0 Å². The van der Waals surface area contributed by atoms with Crippen LogP contribution in [0.2, 0.25) is 0 Å². The van der Waals surface area contributed by atoms with E-state index in [1.54, 1.807) is 29.1 Å². The van der Waals surface area contributed by atoms with E-state index < -0.39 is 0 Å².